The van der Waals surface area contributed by atoms with Gasteiger partial charge in [-0.15, -0.1) is 0 Å². The maximum Gasteiger partial charge on any atom is 0.264 e. The number of sulfonamides is 1. The van der Waals surface area contributed by atoms with Crippen LogP contribution in [0.3, 0.4) is 0 Å². The molecule has 0 aliphatic rings. The van der Waals surface area contributed by atoms with Crippen LogP contribution in [-0.4, -0.2) is 44.3 Å². The average molecular weight is 636 g/mol. The highest BCUT2D eigenvalue weighted by Crippen LogP contribution is 2.25. The predicted octanol–water partition coefficient (Wildman–Crippen LogP) is 6.23. The van der Waals surface area contributed by atoms with Gasteiger partial charge in [0.15, 0.2) is 0 Å². The Labute approximate surface area is 263 Å². The molecular weight excluding hydrogens is 601 g/mol. The van der Waals surface area contributed by atoms with Crippen LogP contribution in [-0.2, 0) is 32.6 Å². The minimum absolute atomic E-state index is 0.0251. The second-order valence-corrected chi connectivity index (χ2v) is 12.6. The minimum Gasteiger partial charge on any atom is -0.354 e. The zero-order valence-corrected chi connectivity index (χ0v) is 26.0. The molecule has 0 bridgehead atoms. The Hall–Kier alpha value is -4.21. The van der Waals surface area contributed by atoms with Gasteiger partial charge in [-0.3, -0.25) is 13.9 Å². The molecule has 4 aromatic rings. The molecule has 4 aromatic carbocycles. The molecule has 0 saturated heterocycles. The summed E-state index contributed by atoms with van der Waals surface area (Å²) in [5.74, 6) is -1.49. The number of benzene rings is 4. The van der Waals surface area contributed by atoms with E-state index in [-0.39, 0.29) is 29.5 Å². The summed E-state index contributed by atoms with van der Waals surface area (Å²) in [5, 5.41) is 3.47. The summed E-state index contributed by atoms with van der Waals surface area (Å²) in [6, 6.07) is 27.9. The van der Waals surface area contributed by atoms with Gasteiger partial charge in [-0.25, -0.2) is 12.8 Å². The van der Waals surface area contributed by atoms with E-state index in [1.54, 1.807) is 42.5 Å². The smallest absolute Gasteiger partial charge is 0.264 e. The standard InChI is InChI=1S/C34H35ClFN3O4S/c1-2-3-22-37-34(41)32(23-26-10-6-4-7-11-26)38(24-27-14-16-28(35)17-15-27)33(40)25-39(30-20-18-29(36)19-21-30)44(42,43)31-12-8-5-9-13-31/h4-21,32H,2-3,22-25H2,1H3,(H,37,41)/t32-/m1/s1. The number of amides is 2. The molecule has 0 aromatic heterocycles. The zero-order valence-electron chi connectivity index (χ0n) is 24.4. The number of rotatable bonds is 14. The van der Waals surface area contributed by atoms with Gasteiger partial charge in [0.2, 0.25) is 11.8 Å². The van der Waals surface area contributed by atoms with Crippen molar-refractivity contribution in [3.05, 3.63) is 131 Å². The highest BCUT2D eigenvalue weighted by molar-refractivity contribution is 7.92. The number of carbonyl (C=O) groups excluding carboxylic acids is 2. The van der Waals surface area contributed by atoms with Crippen molar-refractivity contribution < 1.29 is 22.4 Å². The Morgan fingerprint density at radius 3 is 2.07 bits per heavy atom. The van der Waals surface area contributed by atoms with Crippen molar-refractivity contribution in [2.45, 2.75) is 43.7 Å². The van der Waals surface area contributed by atoms with E-state index >= 15 is 0 Å². The molecule has 1 atom stereocenters. The zero-order chi connectivity index (χ0) is 31.5. The summed E-state index contributed by atoms with van der Waals surface area (Å²) in [5.41, 5.74) is 1.66. The molecule has 1 N–H and O–H groups in total. The third-order valence-corrected chi connectivity index (χ3v) is 9.13. The van der Waals surface area contributed by atoms with Gasteiger partial charge in [-0.1, -0.05) is 85.6 Å². The first-order valence-electron chi connectivity index (χ1n) is 14.4. The van der Waals surface area contributed by atoms with Crippen LogP contribution >= 0.6 is 11.6 Å². The second-order valence-electron chi connectivity index (χ2n) is 10.3. The topological polar surface area (TPSA) is 86.8 Å². The maximum absolute atomic E-state index is 14.3. The van der Waals surface area contributed by atoms with Crippen molar-refractivity contribution in [2.24, 2.45) is 0 Å². The Balaban J connectivity index is 1.77. The number of nitrogens with zero attached hydrogens (tertiary/aromatic N) is 2. The molecule has 0 unspecified atom stereocenters. The molecule has 44 heavy (non-hydrogen) atoms. The lowest BCUT2D eigenvalue weighted by Crippen LogP contribution is -2.53. The van der Waals surface area contributed by atoms with E-state index in [1.165, 1.54) is 29.2 Å². The van der Waals surface area contributed by atoms with Gasteiger partial charge in [0.25, 0.3) is 10.0 Å². The van der Waals surface area contributed by atoms with Crippen molar-refractivity contribution in [3.63, 3.8) is 0 Å². The van der Waals surface area contributed by atoms with Gasteiger partial charge < -0.3 is 10.2 Å². The SMILES string of the molecule is CCCCNC(=O)[C@@H](Cc1ccccc1)N(Cc1ccc(Cl)cc1)C(=O)CN(c1ccc(F)cc1)S(=O)(=O)c1ccccc1. The first-order valence-corrected chi connectivity index (χ1v) is 16.2. The van der Waals surface area contributed by atoms with Crippen LogP contribution in [0, 0.1) is 5.82 Å². The van der Waals surface area contributed by atoms with Crippen molar-refractivity contribution in [1.29, 1.82) is 0 Å². The summed E-state index contributed by atoms with van der Waals surface area (Å²) in [4.78, 5) is 29.5. The fourth-order valence-electron chi connectivity index (χ4n) is 4.70. The lowest BCUT2D eigenvalue weighted by Gasteiger charge is -2.34. The van der Waals surface area contributed by atoms with Gasteiger partial charge in [-0.05, 0) is 66.1 Å². The molecule has 0 spiro atoms. The Kier molecular flexibility index (Phi) is 11.5. The summed E-state index contributed by atoms with van der Waals surface area (Å²) in [6.45, 7) is 1.86. The van der Waals surface area contributed by atoms with Crippen LogP contribution in [0.1, 0.15) is 30.9 Å². The van der Waals surface area contributed by atoms with Crippen molar-refractivity contribution >= 4 is 39.1 Å². The van der Waals surface area contributed by atoms with E-state index in [0.29, 0.717) is 17.1 Å². The molecule has 230 valence electrons. The first kappa shape index (κ1) is 32.7. The fraction of sp³-hybridized carbons (Fsp3) is 0.235. The van der Waals surface area contributed by atoms with Crippen LogP contribution in [0.4, 0.5) is 10.1 Å². The van der Waals surface area contributed by atoms with Gasteiger partial charge in [0.05, 0.1) is 10.6 Å². The van der Waals surface area contributed by atoms with E-state index in [2.05, 4.69) is 5.32 Å². The maximum atomic E-state index is 14.3. The van der Waals surface area contributed by atoms with Crippen LogP contribution in [0.25, 0.3) is 0 Å². The quantitative estimate of drug-likeness (QED) is 0.166. The first-order chi connectivity index (χ1) is 21.2. The third kappa shape index (κ3) is 8.67. The molecule has 2 amide bonds. The highest BCUT2D eigenvalue weighted by Gasteiger charge is 2.34. The Morgan fingerprint density at radius 2 is 1.45 bits per heavy atom. The molecule has 0 aliphatic carbocycles. The molecule has 0 fully saturated rings. The van der Waals surface area contributed by atoms with Crippen molar-refractivity contribution in [1.82, 2.24) is 10.2 Å². The van der Waals surface area contributed by atoms with Gasteiger partial charge in [0, 0.05) is 24.5 Å². The number of halogens is 2. The summed E-state index contributed by atoms with van der Waals surface area (Å²) in [7, 11) is -4.25. The Morgan fingerprint density at radius 1 is 0.841 bits per heavy atom. The largest absolute Gasteiger partial charge is 0.354 e. The van der Waals surface area contributed by atoms with Crippen LogP contribution < -0.4 is 9.62 Å². The number of carbonyl (C=O) groups is 2. The molecular formula is C34H35ClFN3O4S. The summed E-state index contributed by atoms with van der Waals surface area (Å²) in [6.07, 6.45) is 1.85. The molecule has 0 saturated carbocycles. The number of unbranched alkanes of at least 4 members (excludes halogenated alkanes) is 1. The molecule has 7 nitrogen and oxygen atoms in total. The monoisotopic (exact) mass is 635 g/mol. The average Bonchev–Trinajstić information content (AvgIpc) is 3.03. The Bertz CT molecular complexity index is 1620. The van der Waals surface area contributed by atoms with Gasteiger partial charge >= 0.3 is 0 Å². The molecule has 0 radical (unpaired) electrons. The molecule has 0 heterocycles. The van der Waals surface area contributed by atoms with Crippen LogP contribution in [0.5, 0.6) is 0 Å². The molecule has 10 heteroatoms. The number of hydrogen-bond acceptors (Lipinski definition) is 4. The van der Waals surface area contributed by atoms with Crippen molar-refractivity contribution in [2.75, 3.05) is 17.4 Å². The third-order valence-electron chi connectivity index (χ3n) is 7.09. The summed E-state index contributed by atoms with van der Waals surface area (Å²) < 4.78 is 42.6. The fourth-order valence-corrected chi connectivity index (χ4v) is 6.26. The summed E-state index contributed by atoms with van der Waals surface area (Å²) >= 11 is 6.11. The van der Waals surface area contributed by atoms with E-state index in [1.807, 2.05) is 37.3 Å². The number of anilines is 1. The van der Waals surface area contributed by atoms with Crippen LogP contribution in [0.2, 0.25) is 5.02 Å². The van der Waals surface area contributed by atoms with Gasteiger partial charge in [0.1, 0.15) is 18.4 Å². The normalized spacial score (nSPS) is 11.9. The van der Waals surface area contributed by atoms with Gasteiger partial charge in [-0.2, -0.15) is 0 Å². The van der Waals surface area contributed by atoms with Crippen molar-refractivity contribution in [3.8, 4) is 0 Å². The lowest BCUT2D eigenvalue weighted by molar-refractivity contribution is -0.140. The van der Waals surface area contributed by atoms with E-state index in [9.17, 15) is 22.4 Å². The lowest BCUT2D eigenvalue weighted by atomic mass is 10.0. The van der Waals surface area contributed by atoms with E-state index in [0.717, 1.165) is 34.8 Å². The highest BCUT2D eigenvalue weighted by atomic mass is 35.5. The number of hydrogen-bond donors (Lipinski definition) is 1. The molecule has 4 rings (SSSR count). The second kappa shape index (κ2) is 15.5. The predicted molar refractivity (Wildman–Crippen MR) is 171 cm³/mol. The van der Waals surface area contributed by atoms with Crippen LogP contribution in [0.15, 0.2) is 114 Å². The minimum atomic E-state index is -4.25. The molecule has 0 aliphatic heterocycles. The van der Waals surface area contributed by atoms with E-state index in [4.69, 9.17) is 11.6 Å². The van der Waals surface area contributed by atoms with E-state index < -0.39 is 34.3 Å². The number of nitrogens with one attached hydrogen (secondary N) is 1.